The van der Waals surface area contributed by atoms with E-state index in [9.17, 15) is 9.59 Å². The summed E-state index contributed by atoms with van der Waals surface area (Å²) in [6.07, 6.45) is 0. The van der Waals surface area contributed by atoms with Crippen LogP contribution in [0.2, 0.25) is 5.02 Å². The van der Waals surface area contributed by atoms with Crippen molar-refractivity contribution in [1.29, 1.82) is 0 Å². The first-order chi connectivity index (χ1) is 11.9. The molecule has 25 heavy (non-hydrogen) atoms. The number of aryl methyl sites for hydroxylation is 1. The van der Waals surface area contributed by atoms with Crippen LogP contribution in [0.5, 0.6) is 5.75 Å². The third-order valence-corrected chi connectivity index (χ3v) is 3.74. The van der Waals surface area contributed by atoms with Crippen LogP contribution in [-0.2, 0) is 9.47 Å². The van der Waals surface area contributed by atoms with Gasteiger partial charge >= 0.3 is 11.9 Å². The molecular formula is C18H20ClNO5. The van der Waals surface area contributed by atoms with Gasteiger partial charge in [-0.05, 0) is 44.5 Å². The van der Waals surface area contributed by atoms with Gasteiger partial charge in [0, 0.05) is 10.7 Å². The van der Waals surface area contributed by atoms with Gasteiger partial charge in [0.05, 0.1) is 12.2 Å². The average molecular weight is 366 g/mol. The molecule has 134 valence electrons. The van der Waals surface area contributed by atoms with E-state index in [1.165, 1.54) is 0 Å². The van der Waals surface area contributed by atoms with E-state index in [-0.39, 0.29) is 25.5 Å². The van der Waals surface area contributed by atoms with Crippen LogP contribution >= 0.6 is 11.6 Å². The van der Waals surface area contributed by atoms with Crippen molar-refractivity contribution in [2.75, 3.05) is 19.8 Å². The lowest BCUT2D eigenvalue weighted by Gasteiger charge is -2.08. The van der Waals surface area contributed by atoms with Gasteiger partial charge in [-0.2, -0.15) is 0 Å². The molecule has 0 aliphatic carbocycles. The van der Waals surface area contributed by atoms with E-state index >= 15 is 0 Å². The van der Waals surface area contributed by atoms with Gasteiger partial charge < -0.3 is 19.2 Å². The van der Waals surface area contributed by atoms with Crippen LogP contribution < -0.4 is 4.74 Å². The van der Waals surface area contributed by atoms with Crippen LogP contribution in [0.1, 0.15) is 39.0 Å². The molecule has 1 N–H and O–H groups in total. The SMILES string of the molecule is CCOC(=O)c1[nH]c(C)c(C(=O)OCCOc2cccc(Cl)c2)c1C. The molecule has 0 radical (unpaired) electrons. The Balaban J connectivity index is 1.93. The Kier molecular flexibility index (Phi) is 6.47. The topological polar surface area (TPSA) is 77.6 Å². The molecule has 0 saturated heterocycles. The highest BCUT2D eigenvalue weighted by Crippen LogP contribution is 2.20. The van der Waals surface area contributed by atoms with Crippen molar-refractivity contribution in [2.45, 2.75) is 20.8 Å². The summed E-state index contributed by atoms with van der Waals surface area (Å²) in [7, 11) is 0. The second-order valence-electron chi connectivity index (χ2n) is 5.29. The maximum Gasteiger partial charge on any atom is 0.355 e. The second kappa shape index (κ2) is 8.58. The number of halogens is 1. The lowest BCUT2D eigenvalue weighted by molar-refractivity contribution is 0.0449. The molecule has 2 aromatic rings. The highest BCUT2D eigenvalue weighted by Gasteiger charge is 2.23. The van der Waals surface area contributed by atoms with Gasteiger partial charge in [0.15, 0.2) is 0 Å². The summed E-state index contributed by atoms with van der Waals surface area (Å²) in [5.74, 6) is -0.412. The summed E-state index contributed by atoms with van der Waals surface area (Å²) < 4.78 is 15.7. The number of aromatic nitrogens is 1. The largest absolute Gasteiger partial charge is 0.490 e. The monoisotopic (exact) mass is 365 g/mol. The molecule has 1 aromatic heterocycles. The van der Waals surface area contributed by atoms with Gasteiger partial charge in [-0.25, -0.2) is 9.59 Å². The van der Waals surface area contributed by atoms with Gasteiger partial charge in [-0.15, -0.1) is 0 Å². The van der Waals surface area contributed by atoms with Crippen LogP contribution in [0.3, 0.4) is 0 Å². The third kappa shape index (κ3) is 4.76. The number of hydrogen-bond acceptors (Lipinski definition) is 5. The van der Waals surface area contributed by atoms with Crippen LogP contribution in [-0.4, -0.2) is 36.7 Å². The Labute approximate surface area is 151 Å². The Morgan fingerprint density at radius 3 is 2.56 bits per heavy atom. The number of rotatable bonds is 7. The summed E-state index contributed by atoms with van der Waals surface area (Å²) in [4.78, 5) is 27.0. The maximum atomic E-state index is 12.3. The van der Waals surface area contributed by atoms with E-state index in [0.717, 1.165) is 0 Å². The van der Waals surface area contributed by atoms with Crippen molar-refractivity contribution in [2.24, 2.45) is 0 Å². The number of aromatic amines is 1. The first-order valence-electron chi connectivity index (χ1n) is 7.85. The average Bonchev–Trinajstić information content (AvgIpc) is 2.86. The van der Waals surface area contributed by atoms with Gasteiger partial charge in [-0.3, -0.25) is 0 Å². The zero-order chi connectivity index (χ0) is 18.4. The van der Waals surface area contributed by atoms with E-state index < -0.39 is 11.9 Å². The first kappa shape index (κ1) is 18.9. The number of carbonyl (C=O) groups excluding carboxylic acids is 2. The quantitative estimate of drug-likeness (QED) is 0.598. The van der Waals surface area contributed by atoms with Crippen molar-refractivity contribution >= 4 is 23.5 Å². The van der Waals surface area contributed by atoms with E-state index in [4.69, 9.17) is 25.8 Å². The number of ether oxygens (including phenoxy) is 3. The summed E-state index contributed by atoms with van der Waals surface area (Å²) >= 11 is 5.87. The minimum absolute atomic E-state index is 0.0736. The van der Waals surface area contributed by atoms with E-state index in [0.29, 0.717) is 27.6 Å². The summed E-state index contributed by atoms with van der Waals surface area (Å²) in [6.45, 7) is 5.63. The van der Waals surface area contributed by atoms with E-state index in [2.05, 4.69) is 4.98 Å². The first-order valence-corrected chi connectivity index (χ1v) is 8.23. The minimum atomic E-state index is -0.517. The molecule has 1 heterocycles. The zero-order valence-corrected chi connectivity index (χ0v) is 15.1. The third-order valence-electron chi connectivity index (χ3n) is 3.50. The highest BCUT2D eigenvalue weighted by atomic mass is 35.5. The predicted octanol–water partition coefficient (Wildman–Crippen LogP) is 3.70. The Morgan fingerprint density at radius 1 is 1.12 bits per heavy atom. The summed E-state index contributed by atoms with van der Waals surface area (Å²) in [5.41, 5.74) is 1.67. The normalized spacial score (nSPS) is 10.4. The molecule has 0 aliphatic rings. The summed E-state index contributed by atoms with van der Waals surface area (Å²) in [6, 6.07) is 6.95. The number of H-pyrrole nitrogens is 1. The minimum Gasteiger partial charge on any atom is -0.490 e. The molecule has 0 spiro atoms. The zero-order valence-electron chi connectivity index (χ0n) is 14.3. The fraction of sp³-hybridized carbons (Fsp3) is 0.333. The Bertz CT molecular complexity index is 769. The fourth-order valence-electron chi connectivity index (χ4n) is 2.39. The lowest BCUT2D eigenvalue weighted by atomic mass is 10.1. The lowest BCUT2D eigenvalue weighted by Crippen LogP contribution is -2.14. The Morgan fingerprint density at radius 2 is 1.88 bits per heavy atom. The molecule has 0 saturated carbocycles. The molecular weight excluding hydrogens is 346 g/mol. The molecule has 0 unspecified atom stereocenters. The van der Waals surface area contributed by atoms with Crippen molar-refractivity contribution in [3.8, 4) is 5.75 Å². The summed E-state index contributed by atoms with van der Waals surface area (Å²) in [5, 5.41) is 0.569. The molecule has 1 aromatic carbocycles. The van der Waals surface area contributed by atoms with Gasteiger partial charge in [0.1, 0.15) is 24.7 Å². The number of esters is 2. The van der Waals surface area contributed by atoms with Crippen molar-refractivity contribution < 1.29 is 23.8 Å². The van der Waals surface area contributed by atoms with Crippen LogP contribution in [0.15, 0.2) is 24.3 Å². The highest BCUT2D eigenvalue weighted by molar-refractivity contribution is 6.30. The van der Waals surface area contributed by atoms with Crippen molar-refractivity contribution in [1.82, 2.24) is 4.98 Å². The number of nitrogens with one attached hydrogen (secondary N) is 1. The Hall–Kier alpha value is -2.47. The second-order valence-corrected chi connectivity index (χ2v) is 5.72. The molecule has 7 heteroatoms. The molecule has 0 atom stereocenters. The number of benzene rings is 1. The molecule has 0 amide bonds. The molecule has 0 bridgehead atoms. The van der Waals surface area contributed by atoms with Crippen LogP contribution in [0, 0.1) is 13.8 Å². The number of carbonyl (C=O) groups is 2. The van der Waals surface area contributed by atoms with Gasteiger partial charge in [0.2, 0.25) is 0 Å². The van der Waals surface area contributed by atoms with Crippen molar-refractivity contribution in [3.63, 3.8) is 0 Å². The van der Waals surface area contributed by atoms with Crippen LogP contribution in [0.25, 0.3) is 0 Å². The molecule has 0 aliphatic heterocycles. The predicted molar refractivity (Wildman–Crippen MR) is 93.5 cm³/mol. The standard InChI is InChI=1S/C18H20ClNO5/c1-4-23-18(22)16-11(2)15(12(3)20-16)17(21)25-9-8-24-14-7-5-6-13(19)10-14/h5-7,10,20H,4,8-9H2,1-3H3. The maximum absolute atomic E-state index is 12.3. The van der Waals surface area contributed by atoms with Crippen molar-refractivity contribution in [3.05, 3.63) is 51.8 Å². The van der Waals surface area contributed by atoms with E-state index in [1.807, 2.05) is 0 Å². The molecule has 6 nitrogen and oxygen atoms in total. The smallest absolute Gasteiger partial charge is 0.355 e. The fourth-order valence-corrected chi connectivity index (χ4v) is 2.57. The van der Waals surface area contributed by atoms with Gasteiger partial charge in [-0.1, -0.05) is 17.7 Å². The number of hydrogen-bond donors (Lipinski definition) is 1. The molecule has 2 rings (SSSR count). The molecule has 0 fully saturated rings. The van der Waals surface area contributed by atoms with Gasteiger partial charge in [0.25, 0.3) is 0 Å². The van der Waals surface area contributed by atoms with E-state index in [1.54, 1.807) is 45.0 Å². The van der Waals surface area contributed by atoms with Crippen LogP contribution in [0.4, 0.5) is 0 Å².